The van der Waals surface area contributed by atoms with E-state index in [1.807, 2.05) is 0 Å². The molecule has 2 N–H and O–H groups in total. The zero-order valence-corrected chi connectivity index (χ0v) is 20.9. The van der Waals surface area contributed by atoms with Gasteiger partial charge in [-0.25, -0.2) is 0 Å². The van der Waals surface area contributed by atoms with Crippen molar-refractivity contribution in [1.82, 2.24) is 0 Å². The highest BCUT2D eigenvalue weighted by Crippen LogP contribution is 2.43. The molecule has 11 nitrogen and oxygen atoms in total. The maximum atomic E-state index is 11.9. The molecule has 0 amide bonds. The van der Waals surface area contributed by atoms with Gasteiger partial charge in [-0.1, -0.05) is 0 Å². The van der Waals surface area contributed by atoms with E-state index in [9.17, 15) is 19.8 Å². The van der Waals surface area contributed by atoms with Gasteiger partial charge in [-0.05, 0) is 13.8 Å². The molecule has 0 aromatic heterocycles. The van der Waals surface area contributed by atoms with Crippen LogP contribution in [0.1, 0.15) is 58.8 Å². The average Bonchev–Trinajstić information content (AvgIpc) is 2.82. The summed E-state index contributed by atoms with van der Waals surface area (Å²) in [6.45, 7) is 4.06. The summed E-state index contributed by atoms with van der Waals surface area (Å²) in [6.07, 6.45) is -2.12. The van der Waals surface area contributed by atoms with E-state index in [4.69, 9.17) is 33.2 Å². The largest absolute Gasteiger partial charge is 0.466 e. The Kier molecular flexibility index (Phi) is 8.16. The van der Waals surface area contributed by atoms with Crippen LogP contribution in [0.4, 0.5) is 0 Å². The fraction of sp³-hybridized carbons (Fsp3) is 0.920. The molecule has 0 spiro atoms. The van der Waals surface area contributed by atoms with E-state index in [-0.39, 0.29) is 86.8 Å². The molecule has 0 aromatic carbocycles. The summed E-state index contributed by atoms with van der Waals surface area (Å²) >= 11 is 0. The van der Waals surface area contributed by atoms with Gasteiger partial charge in [0.2, 0.25) is 0 Å². The van der Waals surface area contributed by atoms with E-state index in [1.165, 1.54) is 0 Å². The summed E-state index contributed by atoms with van der Waals surface area (Å²) in [4.78, 5) is 23.8. The van der Waals surface area contributed by atoms with E-state index in [2.05, 4.69) is 0 Å². The third kappa shape index (κ3) is 5.57. The lowest BCUT2D eigenvalue weighted by Crippen LogP contribution is -2.64. The molecule has 5 aliphatic heterocycles. The van der Waals surface area contributed by atoms with Gasteiger partial charge >= 0.3 is 11.9 Å². The second kappa shape index (κ2) is 11.2. The molecule has 204 valence electrons. The minimum atomic E-state index is -0.806. The molecular weight excluding hydrogens is 476 g/mol. The summed E-state index contributed by atoms with van der Waals surface area (Å²) in [6, 6.07) is 0. The zero-order valence-electron chi connectivity index (χ0n) is 20.9. The smallest absolute Gasteiger partial charge is 0.308 e. The summed E-state index contributed by atoms with van der Waals surface area (Å²) in [5.74, 6) is -0.779. The fourth-order valence-corrected chi connectivity index (χ4v) is 6.27. The van der Waals surface area contributed by atoms with E-state index in [1.54, 1.807) is 13.8 Å². The first kappa shape index (κ1) is 26.3. The maximum Gasteiger partial charge on any atom is 0.308 e. The predicted molar refractivity (Wildman–Crippen MR) is 121 cm³/mol. The molecule has 0 saturated carbocycles. The van der Waals surface area contributed by atoms with E-state index >= 15 is 0 Å². The summed E-state index contributed by atoms with van der Waals surface area (Å²) in [7, 11) is 0. The fourth-order valence-electron chi connectivity index (χ4n) is 6.27. The van der Waals surface area contributed by atoms with Crippen LogP contribution in [0.15, 0.2) is 0 Å². The Bertz CT molecular complexity index is 730. The monoisotopic (exact) mass is 514 g/mol. The highest BCUT2D eigenvalue weighted by Gasteiger charge is 2.53. The Hall–Kier alpha value is -1.34. The van der Waals surface area contributed by atoms with Gasteiger partial charge in [0.25, 0.3) is 0 Å². The third-order valence-corrected chi connectivity index (χ3v) is 7.95. The normalized spacial score (nSPS) is 45.9. The van der Waals surface area contributed by atoms with Crippen molar-refractivity contribution < 1.29 is 53.0 Å². The second-order valence-corrected chi connectivity index (χ2v) is 10.4. The van der Waals surface area contributed by atoms with Crippen LogP contribution in [0, 0.1) is 0 Å². The van der Waals surface area contributed by atoms with Gasteiger partial charge < -0.3 is 43.4 Å². The number of aliphatic hydroxyl groups excluding tert-OH is 2. The molecule has 12 atom stereocenters. The SMILES string of the molecule is CCOC(=O)C[C@@H]1O[C@@H]2C[C@@H]3O[C@@H]4C[C@@H]5O[C@H](CC(=O)OCC)[C@@H](O)C[C@H]5O[C@H]4C[C@H]3O[C@H]2C[C@H]1O. The van der Waals surface area contributed by atoms with Crippen molar-refractivity contribution in [1.29, 1.82) is 0 Å². The number of ether oxygens (including phenoxy) is 7. The van der Waals surface area contributed by atoms with Gasteiger partial charge in [0.05, 0.1) is 99.3 Å². The highest BCUT2D eigenvalue weighted by molar-refractivity contribution is 5.70. The highest BCUT2D eigenvalue weighted by atomic mass is 16.6. The standard InChI is InChI=1S/C25H38O11/c1-3-30-24(28)10-14-12(26)5-16-18(32-14)7-22-20(34-16)9-21-23(36-22)8-19-17(35-21)6-13(27)15(33-19)11-25(29)31-4-2/h12-23,26-27H,3-11H2,1-2H3/t12-,13+,14+,15-,16+,17-,18-,19+,20-,21+,22+,23-. The van der Waals surface area contributed by atoms with Crippen molar-refractivity contribution in [2.45, 2.75) is 132 Å². The van der Waals surface area contributed by atoms with E-state index in [0.29, 0.717) is 32.1 Å². The Morgan fingerprint density at radius 1 is 0.583 bits per heavy atom. The van der Waals surface area contributed by atoms with Crippen LogP contribution in [0.5, 0.6) is 0 Å². The number of fused-ring (bicyclic) bond motifs is 4. The van der Waals surface area contributed by atoms with Crippen molar-refractivity contribution in [3.8, 4) is 0 Å². The second-order valence-electron chi connectivity index (χ2n) is 10.4. The van der Waals surface area contributed by atoms with Gasteiger partial charge in [-0.3, -0.25) is 9.59 Å². The predicted octanol–water partition coefficient (Wildman–Crippen LogP) is 0.402. The third-order valence-electron chi connectivity index (χ3n) is 7.95. The molecule has 0 aliphatic carbocycles. The first-order chi connectivity index (χ1) is 17.3. The number of carbonyl (C=O) groups excluding carboxylic acids is 2. The summed E-state index contributed by atoms with van der Waals surface area (Å²) in [5.41, 5.74) is 0. The lowest BCUT2D eigenvalue weighted by molar-refractivity contribution is -0.315. The average molecular weight is 515 g/mol. The zero-order chi connectivity index (χ0) is 25.4. The molecule has 5 saturated heterocycles. The molecule has 36 heavy (non-hydrogen) atoms. The summed E-state index contributed by atoms with van der Waals surface area (Å²) < 4.78 is 41.3. The van der Waals surface area contributed by atoms with Crippen molar-refractivity contribution in [3.63, 3.8) is 0 Å². The number of carbonyl (C=O) groups is 2. The maximum absolute atomic E-state index is 11.9. The van der Waals surface area contributed by atoms with Crippen LogP contribution in [0.3, 0.4) is 0 Å². The van der Waals surface area contributed by atoms with Crippen LogP contribution in [0.25, 0.3) is 0 Å². The lowest BCUT2D eigenvalue weighted by atomic mass is 9.82. The number of hydrogen-bond donors (Lipinski definition) is 2. The van der Waals surface area contributed by atoms with Gasteiger partial charge in [0.1, 0.15) is 0 Å². The first-order valence-corrected chi connectivity index (χ1v) is 13.3. The number of aliphatic hydroxyl groups is 2. The van der Waals surface area contributed by atoms with Crippen molar-refractivity contribution in [2.75, 3.05) is 13.2 Å². The van der Waals surface area contributed by atoms with Crippen molar-refractivity contribution in [2.24, 2.45) is 0 Å². The molecule has 0 bridgehead atoms. The van der Waals surface area contributed by atoms with Crippen LogP contribution < -0.4 is 0 Å². The Morgan fingerprint density at radius 3 is 1.22 bits per heavy atom. The van der Waals surface area contributed by atoms with Crippen molar-refractivity contribution in [3.05, 3.63) is 0 Å². The van der Waals surface area contributed by atoms with E-state index in [0.717, 1.165) is 0 Å². The first-order valence-electron chi connectivity index (χ1n) is 13.3. The molecule has 5 aliphatic rings. The van der Waals surface area contributed by atoms with Crippen LogP contribution in [0.2, 0.25) is 0 Å². The van der Waals surface area contributed by atoms with E-state index < -0.39 is 24.4 Å². The molecule has 5 rings (SSSR count). The van der Waals surface area contributed by atoms with Crippen molar-refractivity contribution >= 4 is 11.9 Å². The molecule has 0 aromatic rings. The quantitative estimate of drug-likeness (QED) is 0.476. The van der Waals surface area contributed by atoms with Crippen LogP contribution >= 0.6 is 0 Å². The lowest BCUT2D eigenvalue weighted by Gasteiger charge is -2.54. The molecular formula is C25H38O11. The molecule has 11 heteroatoms. The van der Waals surface area contributed by atoms with Gasteiger partial charge in [-0.2, -0.15) is 0 Å². The Balaban J connectivity index is 1.18. The Morgan fingerprint density at radius 2 is 0.889 bits per heavy atom. The topological polar surface area (TPSA) is 139 Å². The number of esters is 2. The number of rotatable bonds is 6. The van der Waals surface area contributed by atoms with Crippen LogP contribution in [-0.4, -0.2) is 109 Å². The minimum absolute atomic E-state index is 0.00490. The van der Waals surface area contributed by atoms with Gasteiger partial charge in [-0.15, -0.1) is 0 Å². The molecule has 0 radical (unpaired) electrons. The molecule has 0 unspecified atom stereocenters. The van der Waals surface area contributed by atoms with Crippen LogP contribution in [-0.2, 0) is 42.7 Å². The Labute approximate surface area is 210 Å². The molecule has 5 heterocycles. The van der Waals surface area contributed by atoms with Gasteiger partial charge in [0, 0.05) is 32.1 Å². The summed E-state index contributed by atoms with van der Waals surface area (Å²) in [5, 5.41) is 21.1. The van der Waals surface area contributed by atoms with Gasteiger partial charge in [0.15, 0.2) is 0 Å². The minimum Gasteiger partial charge on any atom is -0.466 e. The number of hydrogen-bond acceptors (Lipinski definition) is 11. The molecule has 5 fully saturated rings.